The Hall–Kier alpha value is -1.28. The van der Waals surface area contributed by atoms with Gasteiger partial charge in [0.2, 0.25) is 5.91 Å². The lowest BCUT2D eigenvalue weighted by Crippen LogP contribution is -2.23. The Kier molecular flexibility index (Phi) is 6.47. The molecule has 1 unspecified atom stereocenters. The maximum Gasteiger partial charge on any atom is 0.573 e. The van der Waals surface area contributed by atoms with Crippen molar-refractivity contribution < 1.29 is 22.7 Å². The molecule has 0 heterocycles. The van der Waals surface area contributed by atoms with Crippen molar-refractivity contribution in [2.75, 3.05) is 11.9 Å². The molecule has 4 nitrogen and oxygen atoms in total. The number of hydrogen-bond donors (Lipinski definition) is 2. The van der Waals surface area contributed by atoms with Gasteiger partial charge in [0.25, 0.3) is 0 Å². The van der Waals surface area contributed by atoms with Gasteiger partial charge in [-0.1, -0.05) is 29.3 Å². The van der Waals surface area contributed by atoms with Crippen LogP contribution in [0.4, 0.5) is 18.9 Å². The number of ether oxygens (including phenoxy) is 1. The first-order valence-corrected chi connectivity index (χ1v) is 7.09. The normalized spacial score (nSPS) is 12.9. The average molecular weight is 369 g/mol. The number of anilines is 1. The number of benzene rings is 1. The third-order valence-corrected chi connectivity index (χ3v) is 3.32. The van der Waals surface area contributed by atoms with Crippen LogP contribution in [-0.2, 0) is 4.79 Å². The number of carbonyl (C=O) groups excluding carboxylic acids is 1. The molecule has 0 aromatic heterocycles. The molecule has 1 aromatic rings. The molecule has 3 N–H and O–H groups in total. The quantitative estimate of drug-likeness (QED) is 0.805. The standard InChI is InChI=1S/C13H16BrF3N2O2/c1-2-8(7-18)5-12(20)19-10-4-3-9(14)6-11(10)21-13(15,16)17/h3-4,6,8H,2,5,7,18H2,1H3,(H,19,20). The van der Waals surface area contributed by atoms with Gasteiger partial charge in [-0.3, -0.25) is 4.79 Å². The second-order valence-electron chi connectivity index (χ2n) is 4.45. The molecule has 1 rings (SSSR count). The van der Waals surface area contributed by atoms with E-state index >= 15 is 0 Å². The highest BCUT2D eigenvalue weighted by molar-refractivity contribution is 9.10. The first-order chi connectivity index (χ1) is 9.75. The third-order valence-electron chi connectivity index (χ3n) is 2.83. The van der Waals surface area contributed by atoms with Crippen molar-refractivity contribution in [3.8, 4) is 5.75 Å². The van der Waals surface area contributed by atoms with Gasteiger partial charge in [0, 0.05) is 10.9 Å². The smallest absolute Gasteiger partial charge is 0.404 e. The van der Waals surface area contributed by atoms with Crippen LogP contribution in [0.2, 0.25) is 0 Å². The second-order valence-corrected chi connectivity index (χ2v) is 5.37. The SMILES string of the molecule is CCC(CN)CC(=O)Nc1ccc(Br)cc1OC(F)(F)F. The molecule has 1 amide bonds. The molecule has 0 aliphatic rings. The third kappa shape index (κ3) is 6.34. The van der Waals surface area contributed by atoms with E-state index in [9.17, 15) is 18.0 Å². The van der Waals surface area contributed by atoms with Gasteiger partial charge in [0.15, 0.2) is 5.75 Å². The van der Waals surface area contributed by atoms with Gasteiger partial charge in [-0.2, -0.15) is 0 Å². The van der Waals surface area contributed by atoms with E-state index in [1.165, 1.54) is 12.1 Å². The minimum Gasteiger partial charge on any atom is -0.404 e. The molecule has 1 atom stereocenters. The molecule has 118 valence electrons. The number of rotatable bonds is 6. The van der Waals surface area contributed by atoms with Crippen molar-refractivity contribution in [1.29, 1.82) is 0 Å². The highest BCUT2D eigenvalue weighted by atomic mass is 79.9. The molecule has 0 saturated heterocycles. The van der Waals surface area contributed by atoms with E-state index in [1.54, 1.807) is 0 Å². The summed E-state index contributed by atoms with van der Waals surface area (Å²) in [5, 5.41) is 2.42. The number of halogens is 4. The van der Waals surface area contributed by atoms with Gasteiger partial charge in [-0.25, -0.2) is 0 Å². The van der Waals surface area contributed by atoms with Crippen LogP contribution in [-0.4, -0.2) is 18.8 Å². The summed E-state index contributed by atoms with van der Waals surface area (Å²) in [6, 6.07) is 3.99. The number of alkyl halides is 3. The topological polar surface area (TPSA) is 64.4 Å². The van der Waals surface area contributed by atoms with E-state index in [4.69, 9.17) is 5.73 Å². The van der Waals surface area contributed by atoms with Crippen LogP contribution < -0.4 is 15.8 Å². The lowest BCUT2D eigenvalue weighted by atomic mass is 10.0. The van der Waals surface area contributed by atoms with Gasteiger partial charge < -0.3 is 15.8 Å². The highest BCUT2D eigenvalue weighted by Gasteiger charge is 2.32. The van der Waals surface area contributed by atoms with Crippen molar-refractivity contribution in [1.82, 2.24) is 0 Å². The molecule has 0 radical (unpaired) electrons. The fourth-order valence-corrected chi connectivity index (χ4v) is 2.01. The van der Waals surface area contributed by atoms with Gasteiger partial charge in [-0.15, -0.1) is 13.2 Å². The maximum absolute atomic E-state index is 12.3. The van der Waals surface area contributed by atoms with Gasteiger partial charge in [0.05, 0.1) is 5.69 Å². The first-order valence-electron chi connectivity index (χ1n) is 6.30. The zero-order chi connectivity index (χ0) is 16.0. The Balaban J connectivity index is 2.85. The van der Waals surface area contributed by atoms with E-state index in [0.29, 0.717) is 11.0 Å². The Bertz CT molecular complexity index is 491. The summed E-state index contributed by atoms with van der Waals surface area (Å²) in [5.74, 6) is -0.875. The molecule has 8 heteroatoms. The Morgan fingerprint density at radius 3 is 2.67 bits per heavy atom. The highest BCUT2D eigenvalue weighted by Crippen LogP contribution is 2.33. The van der Waals surface area contributed by atoms with E-state index in [2.05, 4.69) is 26.0 Å². The molecule has 0 aliphatic carbocycles. The maximum atomic E-state index is 12.3. The van der Waals surface area contributed by atoms with Crippen LogP contribution in [0.5, 0.6) is 5.75 Å². The predicted molar refractivity (Wildman–Crippen MR) is 76.9 cm³/mol. The van der Waals surface area contributed by atoms with Crippen molar-refractivity contribution in [2.45, 2.75) is 26.1 Å². The lowest BCUT2D eigenvalue weighted by molar-refractivity contribution is -0.274. The first kappa shape index (κ1) is 17.8. The minimum absolute atomic E-state index is 0.00701. The summed E-state index contributed by atoms with van der Waals surface area (Å²) in [7, 11) is 0. The van der Waals surface area contributed by atoms with Gasteiger partial charge in [-0.05, 0) is 30.7 Å². The van der Waals surface area contributed by atoms with E-state index in [-0.39, 0.29) is 18.0 Å². The average Bonchev–Trinajstić information content (AvgIpc) is 2.37. The molecule has 0 aliphatic heterocycles. The van der Waals surface area contributed by atoms with E-state index in [1.807, 2.05) is 6.92 Å². The van der Waals surface area contributed by atoms with E-state index < -0.39 is 18.0 Å². The van der Waals surface area contributed by atoms with Crippen LogP contribution in [0.15, 0.2) is 22.7 Å². The molecule has 0 saturated carbocycles. The predicted octanol–water partition coefficient (Wildman–Crippen LogP) is 3.66. The van der Waals surface area contributed by atoms with Crippen molar-refractivity contribution in [3.63, 3.8) is 0 Å². The Labute approximate surface area is 129 Å². The Morgan fingerprint density at radius 2 is 2.14 bits per heavy atom. The van der Waals surface area contributed by atoms with Crippen LogP contribution in [0.25, 0.3) is 0 Å². The van der Waals surface area contributed by atoms with Crippen molar-refractivity contribution >= 4 is 27.5 Å². The zero-order valence-corrected chi connectivity index (χ0v) is 12.9. The summed E-state index contributed by atoms with van der Waals surface area (Å²) >= 11 is 3.06. The lowest BCUT2D eigenvalue weighted by Gasteiger charge is -2.16. The summed E-state index contributed by atoms with van der Waals surface area (Å²) in [4.78, 5) is 11.8. The van der Waals surface area contributed by atoms with Crippen LogP contribution in [0.3, 0.4) is 0 Å². The summed E-state index contributed by atoms with van der Waals surface area (Å²) < 4.78 is 41.3. The van der Waals surface area contributed by atoms with Crippen molar-refractivity contribution in [3.05, 3.63) is 22.7 Å². The number of nitrogens with one attached hydrogen (secondary N) is 1. The summed E-state index contributed by atoms with van der Waals surface area (Å²) in [5.41, 5.74) is 5.46. The minimum atomic E-state index is -4.83. The molecule has 0 bridgehead atoms. The van der Waals surface area contributed by atoms with E-state index in [0.717, 1.165) is 12.5 Å². The van der Waals surface area contributed by atoms with Crippen LogP contribution >= 0.6 is 15.9 Å². The number of hydrogen-bond acceptors (Lipinski definition) is 3. The number of amides is 1. The fourth-order valence-electron chi connectivity index (χ4n) is 1.67. The number of carbonyl (C=O) groups is 1. The van der Waals surface area contributed by atoms with Crippen LogP contribution in [0.1, 0.15) is 19.8 Å². The van der Waals surface area contributed by atoms with Crippen LogP contribution in [0, 0.1) is 5.92 Å². The zero-order valence-electron chi connectivity index (χ0n) is 11.3. The molecule has 21 heavy (non-hydrogen) atoms. The van der Waals surface area contributed by atoms with Gasteiger partial charge >= 0.3 is 6.36 Å². The Morgan fingerprint density at radius 1 is 1.48 bits per heavy atom. The summed E-state index contributed by atoms with van der Waals surface area (Å²) in [6.07, 6.45) is -3.96. The molecular formula is C13H16BrF3N2O2. The second kappa shape index (κ2) is 7.65. The monoisotopic (exact) mass is 368 g/mol. The molecular weight excluding hydrogens is 353 g/mol. The van der Waals surface area contributed by atoms with Crippen molar-refractivity contribution in [2.24, 2.45) is 11.7 Å². The number of nitrogens with two attached hydrogens (primary N) is 1. The molecule has 0 spiro atoms. The molecule has 1 aromatic carbocycles. The summed E-state index contributed by atoms with van der Waals surface area (Å²) in [6.45, 7) is 2.23. The molecule has 0 fully saturated rings. The fraction of sp³-hybridized carbons (Fsp3) is 0.462. The largest absolute Gasteiger partial charge is 0.573 e. The van der Waals surface area contributed by atoms with Gasteiger partial charge in [0.1, 0.15) is 0 Å².